The molecule has 0 N–H and O–H groups in total. The fourth-order valence-corrected chi connectivity index (χ4v) is 0.711. The Morgan fingerprint density at radius 1 is 1.73 bits per heavy atom. The summed E-state index contributed by atoms with van der Waals surface area (Å²) < 4.78 is 17.6. The number of pyridine rings is 1. The number of hydrogen-bond acceptors (Lipinski definition) is 2. The standard InChI is InChI=1S/C8H8FNO/c1-6(11-2)7-3-4-10-5-8(7)9/h3-5H,1H2,2H3. The first-order valence-electron chi connectivity index (χ1n) is 3.08. The third-order valence-corrected chi connectivity index (χ3v) is 1.32. The van der Waals surface area contributed by atoms with Gasteiger partial charge in [0.25, 0.3) is 0 Å². The summed E-state index contributed by atoms with van der Waals surface area (Å²) in [5.41, 5.74) is 0.350. The van der Waals surface area contributed by atoms with Crippen molar-refractivity contribution in [1.29, 1.82) is 0 Å². The molecule has 0 radical (unpaired) electrons. The van der Waals surface area contributed by atoms with E-state index in [4.69, 9.17) is 4.74 Å². The summed E-state index contributed by atoms with van der Waals surface area (Å²) in [4.78, 5) is 3.59. The summed E-state index contributed by atoms with van der Waals surface area (Å²) in [5, 5.41) is 0. The molecule has 0 aromatic carbocycles. The number of halogens is 1. The van der Waals surface area contributed by atoms with Gasteiger partial charge in [0, 0.05) is 6.20 Å². The number of rotatable bonds is 2. The highest BCUT2D eigenvalue weighted by Crippen LogP contribution is 2.14. The third kappa shape index (κ3) is 1.55. The molecule has 2 nitrogen and oxygen atoms in total. The van der Waals surface area contributed by atoms with Crippen LogP contribution in [0.4, 0.5) is 4.39 Å². The Morgan fingerprint density at radius 3 is 3.00 bits per heavy atom. The highest BCUT2D eigenvalue weighted by atomic mass is 19.1. The van der Waals surface area contributed by atoms with Crippen molar-refractivity contribution >= 4 is 5.76 Å². The lowest BCUT2D eigenvalue weighted by atomic mass is 10.2. The first-order valence-corrected chi connectivity index (χ1v) is 3.08. The lowest BCUT2D eigenvalue weighted by Gasteiger charge is -2.03. The molecule has 0 aliphatic heterocycles. The maximum Gasteiger partial charge on any atom is 0.152 e. The fraction of sp³-hybridized carbons (Fsp3) is 0.125. The van der Waals surface area contributed by atoms with E-state index in [9.17, 15) is 4.39 Å². The van der Waals surface area contributed by atoms with Crippen LogP contribution < -0.4 is 0 Å². The van der Waals surface area contributed by atoms with Gasteiger partial charge < -0.3 is 4.74 Å². The van der Waals surface area contributed by atoms with E-state index in [0.29, 0.717) is 11.3 Å². The van der Waals surface area contributed by atoms with Gasteiger partial charge in [0.1, 0.15) is 5.76 Å². The smallest absolute Gasteiger partial charge is 0.152 e. The predicted molar refractivity (Wildman–Crippen MR) is 40.2 cm³/mol. The Hall–Kier alpha value is -1.38. The highest BCUT2D eigenvalue weighted by molar-refractivity contribution is 5.56. The molecule has 0 saturated carbocycles. The lowest BCUT2D eigenvalue weighted by Crippen LogP contribution is -1.90. The number of methoxy groups -OCH3 is 1. The molecule has 0 saturated heterocycles. The van der Waals surface area contributed by atoms with Gasteiger partial charge in [-0.3, -0.25) is 4.98 Å². The number of ether oxygens (including phenoxy) is 1. The average molecular weight is 153 g/mol. The van der Waals surface area contributed by atoms with Crippen LogP contribution in [0.5, 0.6) is 0 Å². The van der Waals surface area contributed by atoms with Crippen LogP contribution in [0.2, 0.25) is 0 Å². The molecule has 0 bridgehead atoms. The molecule has 1 aromatic rings. The van der Waals surface area contributed by atoms with Crippen molar-refractivity contribution in [2.45, 2.75) is 0 Å². The van der Waals surface area contributed by atoms with E-state index in [-0.39, 0.29) is 0 Å². The average Bonchev–Trinajstić information content (AvgIpc) is 2.04. The quantitative estimate of drug-likeness (QED) is 0.605. The normalized spacial score (nSPS) is 9.27. The van der Waals surface area contributed by atoms with Gasteiger partial charge in [-0.2, -0.15) is 0 Å². The largest absolute Gasteiger partial charge is 0.497 e. The Morgan fingerprint density at radius 2 is 2.45 bits per heavy atom. The summed E-state index contributed by atoms with van der Waals surface area (Å²) in [7, 11) is 1.45. The van der Waals surface area contributed by atoms with E-state index < -0.39 is 5.82 Å². The van der Waals surface area contributed by atoms with Crippen LogP contribution in [-0.4, -0.2) is 12.1 Å². The molecular weight excluding hydrogens is 145 g/mol. The fourth-order valence-electron chi connectivity index (χ4n) is 0.711. The maximum atomic E-state index is 12.8. The van der Waals surface area contributed by atoms with Gasteiger partial charge in [-0.25, -0.2) is 4.39 Å². The Kier molecular flexibility index (Phi) is 2.21. The molecule has 58 valence electrons. The number of aromatic nitrogens is 1. The van der Waals surface area contributed by atoms with Gasteiger partial charge in [-0.1, -0.05) is 6.58 Å². The lowest BCUT2D eigenvalue weighted by molar-refractivity contribution is 0.368. The van der Waals surface area contributed by atoms with Gasteiger partial charge in [0.15, 0.2) is 5.82 Å². The molecule has 0 fully saturated rings. The van der Waals surface area contributed by atoms with E-state index in [2.05, 4.69) is 11.6 Å². The van der Waals surface area contributed by atoms with E-state index >= 15 is 0 Å². The summed E-state index contributed by atoms with van der Waals surface area (Å²) in [6.07, 6.45) is 2.61. The summed E-state index contributed by atoms with van der Waals surface area (Å²) in [5.74, 6) is -0.107. The van der Waals surface area contributed by atoms with E-state index in [1.165, 1.54) is 19.4 Å². The molecule has 0 aliphatic rings. The van der Waals surface area contributed by atoms with Crippen LogP contribution in [0.1, 0.15) is 5.56 Å². The van der Waals surface area contributed by atoms with Crippen LogP contribution in [0.25, 0.3) is 5.76 Å². The van der Waals surface area contributed by atoms with E-state index in [1.54, 1.807) is 0 Å². The molecule has 3 heteroatoms. The maximum absolute atomic E-state index is 12.8. The molecule has 0 amide bonds. The molecular formula is C8H8FNO. The zero-order chi connectivity index (χ0) is 8.27. The van der Waals surface area contributed by atoms with E-state index in [0.717, 1.165) is 6.20 Å². The van der Waals surface area contributed by atoms with Gasteiger partial charge in [0.05, 0.1) is 18.9 Å². The molecule has 0 aliphatic carbocycles. The molecule has 0 unspecified atom stereocenters. The second kappa shape index (κ2) is 3.14. The van der Waals surface area contributed by atoms with Gasteiger partial charge in [0.2, 0.25) is 0 Å². The number of nitrogens with zero attached hydrogens (tertiary/aromatic N) is 1. The Bertz CT molecular complexity index is 273. The summed E-state index contributed by atoms with van der Waals surface area (Å²) in [6, 6.07) is 1.52. The van der Waals surface area contributed by atoms with E-state index in [1.807, 2.05) is 0 Å². The third-order valence-electron chi connectivity index (χ3n) is 1.32. The van der Waals surface area contributed by atoms with Crippen molar-refractivity contribution in [2.75, 3.05) is 7.11 Å². The second-order valence-electron chi connectivity index (χ2n) is 1.98. The molecule has 1 heterocycles. The molecule has 11 heavy (non-hydrogen) atoms. The minimum atomic E-state index is -0.417. The molecule has 0 spiro atoms. The monoisotopic (exact) mass is 153 g/mol. The Labute approximate surface area is 64.3 Å². The van der Waals surface area contributed by atoms with Crippen molar-refractivity contribution in [1.82, 2.24) is 4.98 Å². The predicted octanol–water partition coefficient (Wildman–Crippen LogP) is 1.84. The highest BCUT2D eigenvalue weighted by Gasteiger charge is 2.03. The topological polar surface area (TPSA) is 22.1 Å². The minimum Gasteiger partial charge on any atom is -0.497 e. The van der Waals surface area contributed by atoms with Crippen molar-refractivity contribution in [3.8, 4) is 0 Å². The van der Waals surface area contributed by atoms with Crippen LogP contribution in [0.3, 0.4) is 0 Å². The number of hydrogen-bond donors (Lipinski definition) is 0. The first kappa shape index (κ1) is 7.72. The summed E-state index contributed by atoms with van der Waals surface area (Å²) >= 11 is 0. The van der Waals surface area contributed by atoms with Crippen LogP contribution in [0.15, 0.2) is 25.0 Å². The minimum absolute atomic E-state index is 0.310. The van der Waals surface area contributed by atoms with Crippen LogP contribution in [-0.2, 0) is 4.74 Å². The SMILES string of the molecule is C=C(OC)c1ccncc1F. The van der Waals surface area contributed by atoms with Gasteiger partial charge in [-0.05, 0) is 6.07 Å². The second-order valence-corrected chi connectivity index (χ2v) is 1.98. The van der Waals surface area contributed by atoms with Crippen molar-refractivity contribution in [3.05, 3.63) is 36.4 Å². The van der Waals surface area contributed by atoms with Crippen molar-refractivity contribution in [2.24, 2.45) is 0 Å². The van der Waals surface area contributed by atoms with Crippen LogP contribution in [0, 0.1) is 5.82 Å². The van der Waals surface area contributed by atoms with Crippen molar-refractivity contribution in [3.63, 3.8) is 0 Å². The molecule has 1 aromatic heterocycles. The van der Waals surface area contributed by atoms with Crippen LogP contribution >= 0.6 is 0 Å². The zero-order valence-electron chi connectivity index (χ0n) is 6.17. The summed E-state index contributed by atoms with van der Waals surface area (Å²) in [6.45, 7) is 3.51. The molecule has 1 rings (SSSR count). The zero-order valence-corrected chi connectivity index (χ0v) is 6.17. The van der Waals surface area contributed by atoms with Gasteiger partial charge >= 0.3 is 0 Å². The first-order chi connectivity index (χ1) is 5.25. The van der Waals surface area contributed by atoms with Crippen molar-refractivity contribution < 1.29 is 9.13 Å². The Balaban J connectivity index is 3.03. The van der Waals surface area contributed by atoms with Gasteiger partial charge in [-0.15, -0.1) is 0 Å². The molecule has 0 atom stereocenters.